The van der Waals surface area contributed by atoms with Crippen molar-refractivity contribution in [3.8, 4) is 17.1 Å². The largest absolute Gasteiger partial charge is 0.497 e. The fourth-order valence-corrected chi connectivity index (χ4v) is 3.09. The molecule has 138 valence electrons. The summed E-state index contributed by atoms with van der Waals surface area (Å²) >= 11 is 0. The van der Waals surface area contributed by atoms with Crippen LogP contribution in [0.15, 0.2) is 34.9 Å². The lowest BCUT2D eigenvalue weighted by molar-refractivity contribution is -0.145. The van der Waals surface area contributed by atoms with Crippen molar-refractivity contribution in [3.05, 3.63) is 36.4 Å². The molecular formula is C19H22N2O5. The number of rotatable bonds is 6. The second-order valence-corrected chi connectivity index (χ2v) is 6.36. The van der Waals surface area contributed by atoms with Crippen LogP contribution < -0.4 is 4.74 Å². The third-order valence-electron chi connectivity index (χ3n) is 4.60. The highest BCUT2D eigenvalue weighted by atomic mass is 16.5. The van der Waals surface area contributed by atoms with E-state index >= 15 is 0 Å². The van der Waals surface area contributed by atoms with Crippen LogP contribution in [0, 0.1) is 5.92 Å². The number of carbonyl (C=O) groups is 2. The van der Waals surface area contributed by atoms with Crippen molar-refractivity contribution >= 4 is 11.9 Å². The second-order valence-electron chi connectivity index (χ2n) is 6.36. The number of aliphatic carboxylic acids is 1. The number of nitrogens with zero attached hydrogens (tertiary/aromatic N) is 2. The molecule has 0 aliphatic carbocycles. The van der Waals surface area contributed by atoms with Crippen LogP contribution in [0.1, 0.15) is 25.2 Å². The van der Waals surface area contributed by atoms with Gasteiger partial charge >= 0.3 is 5.97 Å². The fourth-order valence-electron chi connectivity index (χ4n) is 3.09. The van der Waals surface area contributed by atoms with Gasteiger partial charge in [-0.2, -0.15) is 0 Å². The predicted octanol–water partition coefficient (Wildman–Crippen LogP) is 2.61. The highest BCUT2D eigenvalue weighted by Gasteiger charge is 2.28. The third-order valence-corrected chi connectivity index (χ3v) is 4.60. The number of hydrogen-bond acceptors (Lipinski definition) is 5. The Morgan fingerprint density at radius 1 is 1.35 bits per heavy atom. The van der Waals surface area contributed by atoms with Crippen molar-refractivity contribution in [2.24, 2.45) is 5.92 Å². The SMILES string of the molecule is COc1ccc(-c2cnc(CCC(=O)N3CCC[C@H](C(=O)O)C3)o2)cc1. The standard InChI is InChI=1S/C19H22N2O5/c1-25-15-6-4-13(5-7-15)16-11-20-17(26-16)8-9-18(22)21-10-2-3-14(12-21)19(23)24/h4-7,11,14H,2-3,8-10,12H2,1H3,(H,23,24)/t14-/m0/s1. The number of piperidine rings is 1. The maximum absolute atomic E-state index is 12.3. The molecule has 7 heteroatoms. The lowest BCUT2D eigenvalue weighted by atomic mass is 9.98. The minimum absolute atomic E-state index is 0.0554. The summed E-state index contributed by atoms with van der Waals surface area (Å²) in [6.07, 6.45) is 3.65. The number of carboxylic acid groups (broad SMARTS) is 1. The lowest BCUT2D eigenvalue weighted by Crippen LogP contribution is -2.42. The molecule has 2 aromatic rings. The van der Waals surface area contributed by atoms with Gasteiger partial charge in [0.2, 0.25) is 5.91 Å². The van der Waals surface area contributed by atoms with Crippen LogP contribution in [0.2, 0.25) is 0 Å². The molecule has 0 unspecified atom stereocenters. The van der Waals surface area contributed by atoms with Gasteiger partial charge in [-0.3, -0.25) is 9.59 Å². The molecule has 1 atom stereocenters. The first-order chi connectivity index (χ1) is 12.6. The van der Waals surface area contributed by atoms with Crippen molar-refractivity contribution < 1.29 is 23.8 Å². The minimum atomic E-state index is -0.834. The number of carboxylic acids is 1. The number of amides is 1. The lowest BCUT2D eigenvalue weighted by Gasteiger charge is -2.30. The quantitative estimate of drug-likeness (QED) is 0.853. The predicted molar refractivity (Wildman–Crippen MR) is 93.8 cm³/mol. The third kappa shape index (κ3) is 4.22. The first-order valence-electron chi connectivity index (χ1n) is 8.66. The number of benzene rings is 1. The van der Waals surface area contributed by atoms with E-state index in [1.807, 2.05) is 24.3 Å². The number of aromatic nitrogens is 1. The van der Waals surface area contributed by atoms with Crippen LogP contribution in [0.5, 0.6) is 5.75 Å². The van der Waals surface area contributed by atoms with Crippen LogP contribution in [0.25, 0.3) is 11.3 Å². The number of hydrogen-bond donors (Lipinski definition) is 1. The van der Waals surface area contributed by atoms with Crippen molar-refractivity contribution in [3.63, 3.8) is 0 Å². The van der Waals surface area contributed by atoms with Gasteiger partial charge in [-0.1, -0.05) is 0 Å². The van der Waals surface area contributed by atoms with E-state index in [4.69, 9.17) is 14.3 Å². The topological polar surface area (TPSA) is 92.9 Å². The Morgan fingerprint density at radius 3 is 2.81 bits per heavy atom. The van der Waals surface area contributed by atoms with Gasteiger partial charge in [-0.15, -0.1) is 0 Å². The van der Waals surface area contributed by atoms with E-state index in [-0.39, 0.29) is 18.9 Å². The summed E-state index contributed by atoms with van der Waals surface area (Å²) in [5.74, 6) is 0.547. The summed E-state index contributed by atoms with van der Waals surface area (Å²) in [5, 5.41) is 9.12. The van der Waals surface area contributed by atoms with Crippen molar-refractivity contribution in [2.75, 3.05) is 20.2 Å². The van der Waals surface area contributed by atoms with Gasteiger partial charge in [0.1, 0.15) is 5.75 Å². The summed E-state index contributed by atoms with van der Waals surface area (Å²) in [6.45, 7) is 0.905. The molecule has 1 saturated heterocycles. The van der Waals surface area contributed by atoms with Crippen molar-refractivity contribution in [2.45, 2.75) is 25.7 Å². The Bertz CT molecular complexity index is 768. The number of methoxy groups -OCH3 is 1. The number of carbonyl (C=O) groups excluding carboxylic acids is 1. The van der Waals surface area contributed by atoms with Crippen LogP contribution in [0.4, 0.5) is 0 Å². The van der Waals surface area contributed by atoms with Gasteiger partial charge in [0.15, 0.2) is 11.7 Å². The van der Waals surface area contributed by atoms with Gasteiger partial charge in [0.25, 0.3) is 0 Å². The molecular weight excluding hydrogens is 336 g/mol. The number of aryl methyl sites for hydroxylation is 1. The Balaban J connectivity index is 1.55. The summed E-state index contributed by atoms with van der Waals surface area (Å²) < 4.78 is 10.9. The average Bonchev–Trinajstić information content (AvgIpc) is 3.15. The van der Waals surface area contributed by atoms with E-state index < -0.39 is 11.9 Å². The molecule has 1 aromatic heterocycles. The highest BCUT2D eigenvalue weighted by Crippen LogP contribution is 2.24. The zero-order valence-corrected chi connectivity index (χ0v) is 14.7. The van der Waals surface area contributed by atoms with Crippen LogP contribution >= 0.6 is 0 Å². The van der Waals surface area contributed by atoms with E-state index in [0.717, 1.165) is 17.7 Å². The van der Waals surface area contributed by atoms with Gasteiger partial charge in [0, 0.05) is 31.5 Å². The molecule has 7 nitrogen and oxygen atoms in total. The monoisotopic (exact) mass is 358 g/mol. The fraction of sp³-hybridized carbons (Fsp3) is 0.421. The van der Waals surface area contributed by atoms with E-state index in [1.165, 1.54) is 0 Å². The number of oxazole rings is 1. The Kier molecular flexibility index (Phi) is 5.55. The van der Waals surface area contributed by atoms with Crippen LogP contribution in [-0.2, 0) is 16.0 Å². The molecule has 1 fully saturated rings. The second kappa shape index (κ2) is 8.03. The van der Waals surface area contributed by atoms with E-state index in [9.17, 15) is 9.59 Å². The summed E-state index contributed by atoms with van der Waals surface area (Å²) in [4.78, 5) is 29.3. The number of likely N-dealkylation sites (tertiary alicyclic amines) is 1. The summed E-state index contributed by atoms with van der Waals surface area (Å²) in [5.41, 5.74) is 0.885. The maximum atomic E-state index is 12.3. The van der Waals surface area contributed by atoms with Gasteiger partial charge in [-0.05, 0) is 37.1 Å². The molecule has 0 bridgehead atoms. The molecule has 1 aliphatic rings. The van der Waals surface area contributed by atoms with Crippen LogP contribution in [-0.4, -0.2) is 47.1 Å². The molecule has 0 spiro atoms. The van der Waals surface area contributed by atoms with Crippen molar-refractivity contribution in [1.29, 1.82) is 0 Å². The van der Waals surface area contributed by atoms with Gasteiger partial charge in [0.05, 0.1) is 19.2 Å². The minimum Gasteiger partial charge on any atom is -0.497 e. The summed E-state index contributed by atoms with van der Waals surface area (Å²) in [7, 11) is 1.61. The molecule has 26 heavy (non-hydrogen) atoms. The van der Waals surface area contributed by atoms with E-state index in [0.29, 0.717) is 31.0 Å². The molecule has 1 aromatic carbocycles. The molecule has 0 saturated carbocycles. The molecule has 1 aliphatic heterocycles. The molecule has 1 amide bonds. The molecule has 0 radical (unpaired) electrons. The normalized spacial score (nSPS) is 17.1. The first-order valence-corrected chi connectivity index (χ1v) is 8.66. The molecule has 3 rings (SSSR count). The zero-order chi connectivity index (χ0) is 18.5. The Hall–Kier alpha value is -2.83. The average molecular weight is 358 g/mol. The van der Waals surface area contributed by atoms with Crippen LogP contribution in [0.3, 0.4) is 0 Å². The maximum Gasteiger partial charge on any atom is 0.308 e. The van der Waals surface area contributed by atoms with Gasteiger partial charge < -0.3 is 19.2 Å². The zero-order valence-electron chi connectivity index (χ0n) is 14.7. The van der Waals surface area contributed by atoms with Gasteiger partial charge in [-0.25, -0.2) is 4.98 Å². The smallest absolute Gasteiger partial charge is 0.308 e. The molecule has 1 N–H and O–H groups in total. The molecule has 2 heterocycles. The number of ether oxygens (including phenoxy) is 1. The van der Waals surface area contributed by atoms with E-state index in [2.05, 4.69) is 4.98 Å². The highest BCUT2D eigenvalue weighted by molar-refractivity contribution is 5.78. The Labute approximate surface area is 151 Å². The Morgan fingerprint density at radius 2 is 2.12 bits per heavy atom. The summed E-state index contributed by atoms with van der Waals surface area (Å²) in [6, 6.07) is 7.45. The first kappa shape index (κ1) is 18.0. The van der Waals surface area contributed by atoms with Crippen molar-refractivity contribution in [1.82, 2.24) is 9.88 Å². The van der Waals surface area contributed by atoms with E-state index in [1.54, 1.807) is 18.2 Å².